The van der Waals surface area contributed by atoms with Crippen molar-refractivity contribution in [3.8, 4) is 11.8 Å². The van der Waals surface area contributed by atoms with Gasteiger partial charge in [-0.15, -0.1) is 11.3 Å². The van der Waals surface area contributed by atoms with Gasteiger partial charge in [0.15, 0.2) is 0 Å². The van der Waals surface area contributed by atoms with Crippen LogP contribution in [0.5, 0.6) is 0 Å². The van der Waals surface area contributed by atoms with Gasteiger partial charge in [-0.1, -0.05) is 30.0 Å². The molecule has 1 fully saturated rings. The number of hydrogen-bond donors (Lipinski definition) is 2. The molecule has 1 atom stereocenters. The Balaban J connectivity index is 1.61. The summed E-state index contributed by atoms with van der Waals surface area (Å²) in [7, 11) is 0. The molecule has 1 aromatic heterocycles. The number of piperazine rings is 1. The molecule has 2 heterocycles. The minimum atomic E-state index is -0.990. The zero-order valence-corrected chi connectivity index (χ0v) is 17.9. The van der Waals surface area contributed by atoms with Crippen LogP contribution in [0.3, 0.4) is 0 Å². The molecule has 156 valence electrons. The van der Waals surface area contributed by atoms with Crippen LogP contribution in [0.4, 0.5) is 4.39 Å². The normalized spacial score (nSPS) is 18.4. The average molecular weight is 417 g/mol. The highest BCUT2D eigenvalue weighted by molar-refractivity contribution is 7.12. The van der Waals surface area contributed by atoms with E-state index in [1.165, 1.54) is 10.9 Å². The van der Waals surface area contributed by atoms with Crippen molar-refractivity contribution in [3.63, 3.8) is 0 Å². The fraction of sp³-hybridized carbons (Fsp3) is 0.478. The van der Waals surface area contributed by atoms with E-state index in [-0.39, 0.29) is 18.5 Å². The first kappa shape index (κ1) is 21.9. The molecule has 1 aliphatic heterocycles. The summed E-state index contributed by atoms with van der Waals surface area (Å²) in [5.74, 6) is 5.71. The average Bonchev–Trinajstić information content (AvgIpc) is 3.11. The van der Waals surface area contributed by atoms with Gasteiger partial charge in [0, 0.05) is 55.8 Å². The van der Waals surface area contributed by atoms with Gasteiger partial charge in [-0.2, -0.15) is 0 Å². The fourth-order valence-electron chi connectivity index (χ4n) is 3.54. The molecular formula is C23H29FN2O2S. The summed E-state index contributed by atoms with van der Waals surface area (Å²) < 4.78 is 14.0. The topological polar surface area (TPSA) is 46.9 Å². The Morgan fingerprint density at radius 3 is 2.69 bits per heavy atom. The highest BCUT2D eigenvalue weighted by Gasteiger charge is 2.27. The first-order valence-corrected chi connectivity index (χ1v) is 10.8. The van der Waals surface area contributed by atoms with Crippen molar-refractivity contribution in [3.05, 3.63) is 57.5 Å². The lowest BCUT2D eigenvalue weighted by Gasteiger charge is -2.41. The first-order chi connectivity index (χ1) is 13.8. The molecule has 1 aliphatic rings. The number of hydrogen-bond acceptors (Lipinski definition) is 5. The molecule has 1 aromatic carbocycles. The van der Waals surface area contributed by atoms with Crippen molar-refractivity contribution in [2.45, 2.75) is 45.0 Å². The molecule has 3 rings (SSSR count). The van der Waals surface area contributed by atoms with E-state index >= 15 is 0 Å². The Labute approximate surface area is 176 Å². The van der Waals surface area contributed by atoms with E-state index in [2.05, 4.69) is 27.7 Å². The first-order valence-electron chi connectivity index (χ1n) is 9.99. The van der Waals surface area contributed by atoms with Crippen LogP contribution in [-0.2, 0) is 13.1 Å². The van der Waals surface area contributed by atoms with E-state index in [9.17, 15) is 14.6 Å². The molecule has 0 unspecified atom stereocenters. The number of benzene rings is 1. The minimum absolute atomic E-state index is 0.127. The van der Waals surface area contributed by atoms with Crippen LogP contribution in [-0.4, -0.2) is 57.9 Å². The second-order valence-corrected chi connectivity index (χ2v) is 9.21. The van der Waals surface area contributed by atoms with E-state index in [4.69, 9.17) is 0 Å². The Hall–Kier alpha value is -1.75. The van der Waals surface area contributed by atoms with Gasteiger partial charge in [0.05, 0.1) is 4.88 Å². The predicted octanol–water partition coefficient (Wildman–Crippen LogP) is 3.08. The van der Waals surface area contributed by atoms with Crippen molar-refractivity contribution in [2.24, 2.45) is 0 Å². The zero-order valence-electron chi connectivity index (χ0n) is 17.1. The molecule has 0 spiro atoms. The van der Waals surface area contributed by atoms with Gasteiger partial charge in [0.2, 0.25) is 0 Å². The Morgan fingerprint density at radius 2 is 1.97 bits per heavy atom. The summed E-state index contributed by atoms with van der Waals surface area (Å²) in [5, 5.41) is 19.3. The molecule has 29 heavy (non-hydrogen) atoms. The molecule has 0 amide bonds. The van der Waals surface area contributed by atoms with Crippen LogP contribution in [0.2, 0.25) is 0 Å². The maximum absolute atomic E-state index is 14.0. The lowest BCUT2D eigenvalue weighted by Crippen LogP contribution is -2.52. The minimum Gasteiger partial charge on any atom is -0.396 e. The third kappa shape index (κ3) is 6.63. The van der Waals surface area contributed by atoms with Crippen LogP contribution in [0.1, 0.15) is 35.6 Å². The van der Waals surface area contributed by atoms with Crippen LogP contribution >= 0.6 is 11.3 Å². The second kappa shape index (κ2) is 9.84. The van der Waals surface area contributed by atoms with E-state index in [1.807, 2.05) is 18.2 Å². The van der Waals surface area contributed by atoms with E-state index in [0.29, 0.717) is 18.5 Å². The zero-order chi connectivity index (χ0) is 20.9. The monoisotopic (exact) mass is 416 g/mol. The van der Waals surface area contributed by atoms with E-state index < -0.39 is 5.60 Å². The lowest BCUT2D eigenvalue weighted by molar-refractivity contribution is 0.0498. The smallest absolute Gasteiger partial charge is 0.127 e. The SMILES string of the molecule is CC(C)(O)C#Cc1ccc(CN2CCN(Cc3ccccc3F)[C@@H](CCO)C2)s1. The Morgan fingerprint density at radius 1 is 1.17 bits per heavy atom. The van der Waals surface area contributed by atoms with E-state index in [0.717, 1.165) is 31.1 Å². The summed E-state index contributed by atoms with van der Waals surface area (Å²) >= 11 is 1.65. The summed E-state index contributed by atoms with van der Waals surface area (Å²) in [5.41, 5.74) is -0.284. The molecule has 4 nitrogen and oxygen atoms in total. The van der Waals surface area contributed by atoms with Gasteiger partial charge in [-0.25, -0.2) is 4.39 Å². The van der Waals surface area contributed by atoms with Crippen LogP contribution < -0.4 is 0 Å². The number of rotatable bonds is 6. The molecule has 0 radical (unpaired) electrons. The van der Waals surface area contributed by atoms with Crippen molar-refractivity contribution < 1.29 is 14.6 Å². The maximum Gasteiger partial charge on any atom is 0.127 e. The summed E-state index contributed by atoms with van der Waals surface area (Å²) in [6.07, 6.45) is 0.678. The van der Waals surface area contributed by atoms with Crippen LogP contribution in [0.25, 0.3) is 0 Å². The van der Waals surface area contributed by atoms with Crippen molar-refractivity contribution in [1.29, 1.82) is 0 Å². The fourth-order valence-corrected chi connectivity index (χ4v) is 4.45. The number of nitrogens with zero attached hydrogens (tertiary/aromatic N) is 2. The van der Waals surface area contributed by atoms with Crippen LogP contribution in [0.15, 0.2) is 36.4 Å². The molecule has 0 bridgehead atoms. The second-order valence-electron chi connectivity index (χ2n) is 8.04. The Bertz CT molecular complexity index is 865. The molecule has 2 aromatic rings. The number of aliphatic hydroxyl groups is 2. The van der Waals surface area contributed by atoms with Crippen LogP contribution in [0, 0.1) is 17.7 Å². The highest BCUT2D eigenvalue weighted by atomic mass is 32.1. The maximum atomic E-state index is 14.0. The highest BCUT2D eigenvalue weighted by Crippen LogP contribution is 2.22. The standard InChI is InChI=1S/C23H29FN2O2S/c1-23(2,28)11-9-20-7-8-21(29-20)17-25-12-13-26(19(16-25)10-14-27)15-18-5-3-4-6-22(18)24/h3-8,19,27-28H,10,12-17H2,1-2H3/t19-/m0/s1. The van der Waals surface area contributed by atoms with E-state index in [1.54, 1.807) is 31.3 Å². The van der Waals surface area contributed by atoms with Crippen molar-refractivity contribution in [2.75, 3.05) is 26.2 Å². The molecular weight excluding hydrogens is 387 g/mol. The molecule has 0 aliphatic carbocycles. The predicted molar refractivity (Wildman–Crippen MR) is 115 cm³/mol. The van der Waals surface area contributed by atoms with Crippen molar-refractivity contribution in [1.82, 2.24) is 9.80 Å². The molecule has 1 saturated heterocycles. The molecule has 6 heteroatoms. The summed E-state index contributed by atoms with van der Waals surface area (Å²) in [6, 6.07) is 11.2. The van der Waals surface area contributed by atoms with Gasteiger partial charge in [-0.05, 0) is 38.5 Å². The van der Waals surface area contributed by atoms with Crippen molar-refractivity contribution >= 4 is 11.3 Å². The largest absolute Gasteiger partial charge is 0.396 e. The van der Waals surface area contributed by atoms with Gasteiger partial charge in [0.25, 0.3) is 0 Å². The third-order valence-corrected chi connectivity index (χ3v) is 6.00. The quantitative estimate of drug-likeness (QED) is 0.711. The van der Waals surface area contributed by atoms with Gasteiger partial charge < -0.3 is 10.2 Å². The number of aliphatic hydroxyl groups excluding tert-OH is 1. The number of thiophene rings is 1. The summed E-state index contributed by atoms with van der Waals surface area (Å²) in [6.45, 7) is 7.48. The Kier molecular flexibility index (Phi) is 7.44. The molecule has 2 N–H and O–H groups in total. The van der Waals surface area contributed by atoms with Gasteiger partial charge in [-0.3, -0.25) is 9.80 Å². The lowest BCUT2D eigenvalue weighted by atomic mass is 10.1. The van der Waals surface area contributed by atoms with Gasteiger partial charge >= 0.3 is 0 Å². The third-order valence-electron chi connectivity index (χ3n) is 5.02. The summed E-state index contributed by atoms with van der Waals surface area (Å²) in [4.78, 5) is 6.85. The number of halogens is 1. The van der Waals surface area contributed by atoms with Gasteiger partial charge in [0.1, 0.15) is 11.4 Å². The molecule has 0 saturated carbocycles.